The van der Waals surface area contributed by atoms with Crippen LogP contribution in [0.4, 0.5) is 0 Å². The van der Waals surface area contributed by atoms with Gasteiger partial charge in [0.05, 0.1) is 43.6 Å². The number of aromatic hydroxyl groups is 3. The Morgan fingerprint density at radius 1 is 0.758 bits per heavy atom. The minimum atomic E-state index is -1.99. The van der Waals surface area contributed by atoms with Gasteiger partial charge in [0.2, 0.25) is 30.2 Å². The second kappa shape index (κ2) is 20.2. The van der Waals surface area contributed by atoms with Crippen molar-refractivity contribution in [2.24, 2.45) is 0 Å². The number of benzene rings is 2. The molecule has 2 aromatic carbocycles. The Labute approximate surface area is 374 Å². The summed E-state index contributed by atoms with van der Waals surface area (Å²) in [4.78, 5) is 12.6. The second-order valence-corrected chi connectivity index (χ2v) is 15.8. The third-order valence-electron chi connectivity index (χ3n) is 11.3. The van der Waals surface area contributed by atoms with Crippen molar-refractivity contribution in [3.63, 3.8) is 0 Å². The first kappa shape index (κ1) is 48.4. The molecule has 0 saturated carbocycles. The van der Waals surface area contributed by atoms with E-state index in [0.717, 1.165) is 18.2 Å². The molecule has 1 aliphatic carbocycles. The van der Waals surface area contributed by atoms with E-state index in [1.54, 1.807) is 12.1 Å². The summed E-state index contributed by atoms with van der Waals surface area (Å²) in [5.41, 5.74) is 0.677. The van der Waals surface area contributed by atoms with Crippen molar-refractivity contribution in [1.29, 1.82) is 0 Å². The number of carbonyl (C=O) groups excluding carboxylic acids is 1. The SMILES string of the molecule is COc1cc(C2=C(OC3O[C@H](COC4O[C@@H](C)[C@H](OC(=O)/C=C/c5ccc(O)cc5)[C@@H](O)[C@H]4O)[C@@H](O)[C@H](O)[C@H]3O)C=C3C(OC4O[C@H](CO)[C@@H](O)[C@H](O)[C@H]4O)=CC(O)=CC3[OH+]2)cc(O)c1O. The molecule has 5 aliphatic rings. The number of carbonyl (C=O) groups is 1. The van der Waals surface area contributed by atoms with Gasteiger partial charge in [-0.1, -0.05) is 12.1 Å². The molecule has 14 N–H and O–H groups in total. The number of aliphatic hydroxyl groups is 12. The Kier molecular flexibility index (Phi) is 14.8. The van der Waals surface area contributed by atoms with Crippen molar-refractivity contribution < 1.29 is 114 Å². The number of ether oxygens (including phenoxy) is 9. The Balaban J connectivity index is 1.11. The number of phenols is 3. The maximum atomic E-state index is 12.6. The van der Waals surface area contributed by atoms with E-state index in [4.69, 9.17) is 37.9 Å². The highest BCUT2D eigenvalue weighted by atomic mass is 16.7. The molecule has 4 aliphatic heterocycles. The molecule has 23 heteroatoms. The number of aliphatic hydroxyl groups excluding tert-OH is 10. The van der Waals surface area contributed by atoms with Gasteiger partial charge in [-0.25, -0.2) is 4.79 Å². The highest BCUT2D eigenvalue weighted by Crippen LogP contribution is 2.43. The molecule has 2 aromatic rings. The van der Waals surface area contributed by atoms with Crippen LogP contribution in [0.2, 0.25) is 0 Å². The number of fused-ring (bicyclic) bond motifs is 1. The predicted octanol–water partition coefficient (Wildman–Crippen LogP) is -2.59. The van der Waals surface area contributed by atoms with Crippen LogP contribution in [0.15, 0.2) is 83.6 Å². The van der Waals surface area contributed by atoms with E-state index in [9.17, 15) is 71.2 Å². The fourth-order valence-corrected chi connectivity index (χ4v) is 7.62. The van der Waals surface area contributed by atoms with Crippen LogP contribution in [0.3, 0.4) is 0 Å². The van der Waals surface area contributed by atoms with E-state index >= 15 is 0 Å². The molecule has 4 heterocycles. The minimum absolute atomic E-state index is 0.0251. The van der Waals surface area contributed by atoms with Crippen LogP contribution >= 0.6 is 0 Å². The molecule has 7 rings (SSSR count). The average molecular weight is 936 g/mol. The highest BCUT2D eigenvalue weighted by Gasteiger charge is 2.50. The van der Waals surface area contributed by atoms with Gasteiger partial charge in [0.15, 0.2) is 23.9 Å². The first-order valence-electron chi connectivity index (χ1n) is 20.4. The average Bonchev–Trinajstić information content (AvgIpc) is 3.29. The lowest BCUT2D eigenvalue weighted by Crippen LogP contribution is -2.61. The molecule has 0 bridgehead atoms. The first-order valence-corrected chi connectivity index (χ1v) is 20.4. The van der Waals surface area contributed by atoms with Crippen LogP contribution < -0.4 is 4.74 Å². The lowest BCUT2D eigenvalue weighted by atomic mass is 9.96. The van der Waals surface area contributed by atoms with Crippen LogP contribution in [-0.2, 0) is 38.0 Å². The van der Waals surface area contributed by atoms with Gasteiger partial charge in [0, 0.05) is 30.4 Å². The topological polar surface area (TPSA) is 367 Å². The lowest BCUT2D eigenvalue weighted by molar-refractivity contribution is -0.324. The van der Waals surface area contributed by atoms with Crippen LogP contribution in [-0.4, -0.2) is 196 Å². The monoisotopic (exact) mass is 935 g/mol. The van der Waals surface area contributed by atoms with Crippen LogP contribution in [0, 0.1) is 0 Å². The summed E-state index contributed by atoms with van der Waals surface area (Å²) in [7, 11) is 1.21. The third kappa shape index (κ3) is 10.1. The van der Waals surface area contributed by atoms with Crippen LogP contribution in [0.25, 0.3) is 11.8 Å². The molecular weight excluding hydrogens is 884 g/mol. The van der Waals surface area contributed by atoms with E-state index < -0.39 is 135 Å². The van der Waals surface area contributed by atoms with Gasteiger partial charge in [-0.15, -0.1) is 0 Å². The Morgan fingerprint density at radius 2 is 1.39 bits per heavy atom. The van der Waals surface area contributed by atoms with Gasteiger partial charge < -0.3 is 109 Å². The number of esters is 1. The van der Waals surface area contributed by atoms with Gasteiger partial charge in [0.25, 0.3) is 0 Å². The Bertz CT molecular complexity index is 2220. The zero-order valence-corrected chi connectivity index (χ0v) is 34.9. The zero-order valence-electron chi connectivity index (χ0n) is 34.9. The molecule has 360 valence electrons. The third-order valence-corrected chi connectivity index (χ3v) is 11.3. The first-order chi connectivity index (χ1) is 31.4. The quantitative estimate of drug-likeness (QED) is 0.0424. The standard InChI is InChI=1S/C43H50O23/c1-16-39(66-29(48)8-5-17-3-6-19(45)7-4-17)35(54)38(57)41(60-16)59-15-28-32(51)34(53)37(56)43(65-28)63-26-13-21-23(61-40(26)18-9-22(47)30(49)25(10-18)58-2)11-20(46)12-24(21)62-42-36(55)33(52)31(50)27(14-44)64-42/h3-13,16,23,27-28,31-39,41-47,49-57H,14-15H2,1-2H3/p+1/b8-5+/t16-,23?,27+,28+,31+,32+,33-,34-,35-,36+,37+,38+,39-,41?,42?,43?/m0/s1. The largest absolute Gasteiger partial charge is 0.571 e. The summed E-state index contributed by atoms with van der Waals surface area (Å²) in [5.74, 6) is -3.39. The van der Waals surface area contributed by atoms with Gasteiger partial charge >= 0.3 is 11.7 Å². The highest BCUT2D eigenvalue weighted by molar-refractivity contribution is 5.87. The molecule has 0 amide bonds. The van der Waals surface area contributed by atoms with Crippen molar-refractivity contribution in [1.82, 2.24) is 0 Å². The summed E-state index contributed by atoms with van der Waals surface area (Å²) >= 11 is 0. The zero-order chi connectivity index (χ0) is 47.7. The van der Waals surface area contributed by atoms with Gasteiger partial charge in [-0.05, 0) is 30.7 Å². The van der Waals surface area contributed by atoms with Crippen molar-refractivity contribution in [2.75, 3.05) is 20.3 Å². The Hall–Kier alpha value is -5.51. The molecule has 23 nitrogen and oxygen atoms in total. The molecule has 66 heavy (non-hydrogen) atoms. The summed E-state index contributed by atoms with van der Waals surface area (Å²) in [5, 5.41) is 137. The number of phenolic OH excluding ortho intramolecular Hbond substituents is 3. The molecule has 0 radical (unpaired) electrons. The van der Waals surface area contributed by atoms with Crippen molar-refractivity contribution in [3.05, 3.63) is 94.7 Å². The van der Waals surface area contributed by atoms with Crippen molar-refractivity contribution in [2.45, 2.75) is 105 Å². The fourth-order valence-electron chi connectivity index (χ4n) is 7.62. The smallest absolute Gasteiger partial charge is 0.331 e. The number of rotatable bonds is 13. The summed E-state index contributed by atoms with van der Waals surface area (Å²) in [6, 6.07) is 8.28. The molecule has 3 saturated heterocycles. The van der Waals surface area contributed by atoms with Crippen molar-refractivity contribution >= 4 is 17.8 Å². The Morgan fingerprint density at radius 3 is 2.06 bits per heavy atom. The maximum Gasteiger partial charge on any atom is 0.331 e. The summed E-state index contributed by atoms with van der Waals surface area (Å²) in [6.45, 7) is -0.00225. The van der Waals surface area contributed by atoms with Crippen molar-refractivity contribution in [3.8, 4) is 23.0 Å². The van der Waals surface area contributed by atoms with E-state index in [1.165, 1.54) is 50.5 Å². The van der Waals surface area contributed by atoms with Gasteiger partial charge in [-0.3, -0.25) is 0 Å². The molecule has 16 atom stereocenters. The van der Waals surface area contributed by atoms with Gasteiger partial charge in [0.1, 0.15) is 78.3 Å². The number of hydrogen-bond acceptors (Lipinski definition) is 22. The van der Waals surface area contributed by atoms with E-state index in [2.05, 4.69) is 4.74 Å². The van der Waals surface area contributed by atoms with E-state index in [1.807, 2.05) is 0 Å². The lowest BCUT2D eigenvalue weighted by Gasteiger charge is -2.43. The van der Waals surface area contributed by atoms with Crippen LogP contribution in [0.5, 0.6) is 23.0 Å². The van der Waals surface area contributed by atoms with Crippen LogP contribution in [0.1, 0.15) is 18.1 Å². The summed E-state index contributed by atoms with van der Waals surface area (Å²) in [6.07, 6.45) is -20.3. The predicted molar refractivity (Wildman–Crippen MR) is 218 cm³/mol. The molecule has 0 aromatic heterocycles. The molecular formula is C43H51O23+. The second-order valence-electron chi connectivity index (χ2n) is 15.8. The summed E-state index contributed by atoms with van der Waals surface area (Å²) < 4.78 is 50.0. The maximum absolute atomic E-state index is 12.6. The molecule has 0 spiro atoms. The number of hydrogen-bond donors (Lipinski definition) is 13. The minimum Gasteiger partial charge on any atom is -0.571 e. The molecule has 4 unspecified atom stereocenters. The van der Waals surface area contributed by atoms with E-state index in [0.29, 0.717) is 5.56 Å². The number of allylic oxidation sites excluding steroid dienone is 2. The van der Waals surface area contributed by atoms with Gasteiger partial charge in [-0.2, -0.15) is 0 Å². The van der Waals surface area contributed by atoms with E-state index in [-0.39, 0.29) is 39.9 Å². The number of methoxy groups -OCH3 is 1. The normalized spacial score (nSPS) is 35.8. The fraction of sp³-hybridized carbons (Fsp3) is 0.465. The molecule has 3 fully saturated rings.